The van der Waals surface area contributed by atoms with Gasteiger partial charge in [-0.05, 0) is 43.0 Å². The largest absolute Gasteiger partial charge is 0.369 e. The monoisotopic (exact) mass is 538 g/mol. The van der Waals surface area contributed by atoms with Crippen molar-refractivity contribution in [3.05, 3.63) is 53.1 Å². The van der Waals surface area contributed by atoms with Gasteiger partial charge in [-0.1, -0.05) is 48.9 Å². The molecule has 11 heteroatoms. The molecule has 1 aliphatic heterocycles. The van der Waals surface area contributed by atoms with Crippen LogP contribution in [0.2, 0.25) is 5.02 Å². The fraction of sp³-hybridized carbons (Fsp3) is 0.440. The first-order valence-electron chi connectivity index (χ1n) is 11.6. The number of nitrogens with two attached hydrogens (primary N) is 1. The molecular formula is C25H29ClF2N4O3S. The van der Waals surface area contributed by atoms with Crippen LogP contribution in [0.4, 0.5) is 14.5 Å². The van der Waals surface area contributed by atoms with E-state index in [9.17, 15) is 22.0 Å². The predicted molar refractivity (Wildman–Crippen MR) is 138 cm³/mol. The van der Waals surface area contributed by atoms with Gasteiger partial charge in [0, 0.05) is 29.6 Å². The third-order valence-electron chi connectivity index (χ3n) is 6.95. The van der Waals surface area contributed by atoms with Gasteiger partial charge in [0.15, 0.2) is 5.96 Å². The number of carbonyl (C=O) groups is 1. The summed E-state index contributed by atoms with van der Waals surface area (Å²) in [7, 11) is -3.46. The molecule has 194 valence electrons. The van der Waals surface area contributed by atoms with Crippen LogP contribution in [0.15, 0.2) is 47.5 Å². The van der Waals surface area contributed by atoms with Gasteiger partial charge in [0.25, 0.3) is 5.92 Å². The van der Waals surface area contributed by atoms with Crippen molar-refractivity contribution in [1.82, 2.24) is 4.90 Å². The minimum atomic E-state index is -3.46. The van der Waals surface area contributed by atoms with E-state index in [2.05, 4.69) is 9.71 Å². The van der Waals surface area contributed by atoms with Crippen LogP contribution in [0, 0.1) is 5.92 Å². The Bertz CT molecular complexity index is 1330. The van der Waals surface area contributed by atoms with E-state index in [1.54, 1.807) is 49.4 Å². The van der Waals surface area contributed by atoms with E-state index in [0.29, 0.717) is 27.4 Å². The molecule has 36 heavy (non-hydrogen) atoms. The molecule has 1 saturated carbocycles. The van der Waals surface area contributed by atoms with Crippen LogP contribution in [0.1, 0.15) is 45.1 Å². The summed E-state index contributed by atoms with van der Waals surface area (Å²) in [5, 5.41) is 0.361. The number of hydrogen-bond donors (Lipinski definition) is 2. The van der Waals surface area contributed by atoms with Gasteiger partial charge in [0.05, 0.1) is 23.2 Å². The molecule has 2 aromatic rings. The van der Waals surface area contributed by atoms with E-state index in [0.717, 1.165) is 6.26 Å². The minimum absolute atomic E-state index is 0.00279. The van der Waals surface area contributed by atoms with E-state index in [1.165, 1.54) is 11.8 Å². The molecule has 0 unspecified atom stereocenters. The van der Waals surface area contributed by atoms with Crippen molar-refractivity contribution >= 4 is 39.2 Å². The van der Waals surface area contributed by atoms with Crippen LogP contribution in [0.25, 0.3) is 11.1 Å². The lowest BCUT2D eigenvalue weighted by Crippen LogP contribution is -2.56. The van der Waals surface area contributed by atoms with Gasteiger partial charge < -0.3 is 5.73 Å². The number of hydrogen-bond acceptors (Lipinski definition) is 5. The zero-order chi connectivity index (χ0) is 26.5. The van der Waals surface area contributed by atoms with E-state index >= 15 is 0 Å². The van der Waals surface area contributed by atoms with Crippen LogP contribution in [0.5, 0.6) is 0 Å². The molecule has 4 rings (SSSR count). The molecule has 0 spiro atoms. The number of halogens is 3. The molecule has 3 N–H and O–H groups in total. The number of aliphatic imine (C=N–C) groups is 1. The summed E-state index contributed by atoms with van der Waals surface area (Å²) < 4.78 is 53.7. The van der Waals surface area contributed by atoms with Gasteiger partial charge >= 0.3 is 0 Å². The Morgan fingerprint density at radius 1 is 1.22 bits per heavy atom. The van der Waals surface area contributed by atoms with Crippen molar-refractivity contribution in [3.8, 4) is 11.1 Å². The zero-order valence-corrected chi connectivity index (χ0v) is 21.8. The van der Waals surface area contributed by atoms with Crippen molar-refractivity contribution in [1.29, 1.82) is 0 Å². The summed E-state index contributed by atoms with van der Waals surface area (Å²) >= 11 is 6.83. The first-order chi connectivity index (χ1) is 16.7. The van der Waals surface area contributed by atoms with E-state index in [4.69, 9.17) is 17.3 Å². The molecule has 1 aliphatic carbocycles. The van der Waals surface area contributed by atoms with Crippen molar-refractivity contribution < 1.29 is 22.0 Å². The first kappa shape index (κ1) is 26.3. The van der Waals surface area contributed by atoms with Crippen LogP contribution in [-0.2, 0) is 20.4 Å². The number of nitrogens with one attached hydrogen (secondary N) is 1. The highest BCUT2D eigenvalue weighted by atomic mass is 35.5. The average Bonchev–Trinajstić information content (AvgIpc) is 2.75. The highest BCUT2D eigenvalue weighted by Crippen LogP contribution is 2.44. The summed E-state index contributed by atoms with van der Waals surface area (Å²) in [5.41, 5.74) is 7.50. The second-order valence-electron chi connectivity index (χ2n) is 9.90. The highest BCUT2D eigenvalue weighted by Gasteiger charge is 2.47. The maximum absolute atomic E-state index is 14.0. The van der Waals surface area contributed by atoms with Crippen molar-refractivity contribution in [3.63, 3.8) is 0 Å². The average molecular weight is 539 g/mol. The molecule has 1 fully saturated rings. The van der Waals surface area contributed by atoms with Crippen molar-refractivity contribution in [2.45, 2.75) is 57.0 Å². The van der Waals surface area contributed by atoms with Crippen LogP contribution in [0.3, 0.4) is 0 Å². The van der Waals surface area contributed by atoms with Crippen LogP contribution >= 0.6 is 11.6 Å². The normalized spacial score (nSPS) is 26.4. The van der Waals surface area contributed by atoms with E-state index in [1.807, 2.05) is 0 Å². The highest BCUT2D eigenvalue weighted by molar-refractivity contribution is 7.92. The lowest BCUT2D eigenvalue weighted by atomic mass is 9.81. The Hall–Kier alpha value is -2.72. The molecule has 2 aromatic carbocycles. The molecular weight excluding hydrogens is 510 g/mol. The van der Waals surface area contributed by atoms with Gasteiger partial charge in [0.2, 0.25) is 15.9 Å². The summed E-state index contributed by atoms with van der Waals surface area (Å²) in [6, 6.07) is 11.7. The fourth-order valence-corrected chi connectivity index (χ4v) is 6.07. The number of amides is 1. The summed E-state index contributed by atoms with van der Waals surface area (Å²) in [4.78, 5) is 19.3. The number of guanidine groups is 1. The third kappa shape index (κ3) is 5.20. The number of sulfonamides is 1. The Labute approximate surface area is 214 Å². The van der Waals surface area contributed by atoms with Gasteiger partial charge in [0.1, 0.15) is 0 Å². The Morgan fingerprint density at radius 2 is 1.92 bits per heavy atom. The molecule has 3 atom stereocenters. The lowest BCUT2D eigenvalue weighted by molar-refractivity contribution is -0.136. The summed E-state index contributed by atoms with van der Waals surface area (Å²) in [6.07, 6.45) is 1.06. The molecule has 1 heterocycles. The molecule has 7 nitrogen and oxygen atoms in total. The number of benzene rings is 2. The number of nitrogens with zero attached hydrogens (tertiary/aromatic N) is 2. The zero-order valence-electron chi connectivity index (χ0n) is 20.3. The Balaban J connectivity index is 1.67. The second kappa shape index (κ2) is 9.30. The smallest absolute Gasteiger partial charge is 0.250 e. The molecule has 0 saturated heterocycles. The molecule has 2 aliphatic rings. The van der Waals surface area contributed by atoms with Gasteiger partial charge in [-0.2, -0.15) is 0 Å². The predicted octanol–water partition coefficient (Wildman–Crippen LogP) is 4.96. The summed E-state index contributed by atoms with van der Waals surface area (Å²) in [5.74, 6) is -3.90. The maximum Gasteiger partial charge on any atom is 0.250 e. The molecule has 0 radical (unpaired) electrons. The SMILES string of the molecule is C[C@H]1C[C@@H](N2C(=O)C[C@@](C)(c3cccc(-c4cccc(NS(C)(=O)=O)c4)c3Cl)N=C2N)CCC1(F)F. The van der Waals surface area contributed by atoms with Gasteiger partial charge in [-0.3, -0.25) is 14.4 Å². The quantitative estimate of drug-likeness (QED) is 0.561. The van der Waals surface area contributed by atoms with Gasteiger partial charge in [-0.25, -0.2) is 22.2 Å². The number of alkyl halides is 2. The third-order valence-corrected chi connectivity index (χ3v) is 7.96. The number of anilines is 1. The Morgan fingerprint density at radius 3 is 2.56 bits per heavy atom. The van der Waals surface area contributed by atoms with E-state index in [-0.39, 0.29) is 37.6 Å². The summed E-state index contributed by atoms with van der Waals surface area (Å²) in [6.45, 7) is 3.25. The lowest BCUT2D eigenvalue weighted by Gasteiger charge is -2.43. The van der Waals surface area contributed by atoms with Gasteiger partial charge in [-0.15, -0.1) is 0 Å². The molecule has 0 aromatic heterocycles. The topological polar surface area (TPSA) is 105 Å². The number of carbonyl (C=O) groups excluding carboxylic acids is 1. The number of rotatable bonds is 5. The van der Waals surface area contributed by atoms with Crippen LogP contribution < -0.4 is 10.5 Å². The molecule has 1 amide bonds. The first-order valence-corrected chi connectivity index (χ1v) is 13.9. The molecule has 0 bridgehead atoms. The standard InChI is InChI=1S/C25H29ClF2N4O3S/c1-15-12-18(10-11-25(15,27)28)32-21(33)14-24(2,30-23(32)29)20-9-5-8-19(22(20)26)16-6-4-7-17(13-16)31-36(3,34)35/h4-9,13,15,18,31H,10-12,14H2,1-3H3,(H2,29,30)/t15-,18-,24-/m0/s1. The fourth-order valence-electron chi connectivity index (χ4n) is 5.07. The Kier molecular flexibility index (Phi) is 6.81. The maximum atomic E-state index is 14.0. The van der Waals surface area contributed by atoms with Crippen molar-refractivity contribution in [2.75, 3.05) is 11.0 Å². The van der Waals surface area contributed by atoms with Crippen molar-refractivity contribution in [2.24, 2.45) is 16.6 Å². The van der Waals surface area contributed by atoms with Crippen LogP contribution in [-0.4, -0.2) is 43.4 Å². The van der Waals surface area contributed by atoms with E-state index < -0.39 is 33.4 Å². The second-order valence-corrected chi connectivity index (χ2v) is 12.0. The minimum Gasteiger partial charge on any atom is -0.369 e.